The van der Waals surface area contributed by atoms with E-state index in [0.717, 1.165) is 33.7 Å². The molecule has 5 aromatic rings. The first kappa shape index (κ1) is 30.6. The molecule has 0 aromatic heterocycles. The molecule has 0 spiro atoms. The Morgan fingerprint density at radius 2 is 1.61 bits per heavy atom. The molecule has 0 amide bonds. The Hall–Kier alpha value is -5.40. The molecule has 0 saturated carbocycles. The summed E-state index contributed by atoms with van der Waals surface area (Å²) >= 11 is 0. The maximum absolute atomic E-state index is 4.43. The number of aryl methyl sites for hydroxylation is 2. The summed E-state index contributed by atoms with van der Waals surface area (Å²) < 4.78 is 0. The molecule has 1 aliphatic rings. The van der Waals surface area contributed by atoms with Gasteiger partial charge in [0, 0.05) is 6.54 Å². The molecule has 0 aliphatic carbocycles. The van der Waals surface area contributed by atoms with E-state index in [0.29, 0.717) is 0 Å². The average Bonchev–Trinajstić information content (AvgIpc) is 3.08. The lowest BCUT2D eigenvalue weighted by Gasteiger charge is -2.19. The zero-order valence-corrected chi connectivity index (χ0v) is 27.3. The van der Waals surface area contributed by atoms with Crippen molar-refractivity contribution in [3.63, 3.8) is 0 Å². The molecule has 0 bridgehead atoms. The van der Waals surface area contributed by atoms with Crippen molar-refractivity contribution in [3.8, 4) is 22.3 Å². The van der Waals surface area contributed by atoms with Gasteiger partial charge in [0.15, 0.2) is 0 Å². The highest BCUT2D eigenvalue weighted by Gasteiger charge is 2.15. The van der Waals surface area contributed by atoms with Crippen molar-refractivity contribution in [2.75, 3.05) is 0 Å². The number of allylic oxidation sites excluding steroid dienone is 4. The maximum atomic E-state index is 4.43. The van der Waals surface area contributed by atoms with Gasteiger partial charge in [-0.25, -0.2) is 0 Å². The molecule has 5 aromatic carbocycles. The first-order chi connectivity index (χ1) is 22.3. The van der Waals surface area contributed by atoms with E-state index in [4.69, 9.17) is 0 Å². The molecule has 0 radical (unpaired) electrons. The molecule has 1 aliphatic heterocycles. The van der Waals surface area contributed by atoms with E-state index >= 15 is 0 Å². The molecule has 1 nitrogen and oxygen atoms in total. The molecule has 6 rings (SSSR count). The van der Waals surface area contributed by atoms with Gasteiger partial charge in [0.1, 0.15) is 0 Å². The SMILES string of the molecule is C=C(/C=C\c1cc/c(=C/C=C(\C)c2ccc(C)c(-c3c(C)cccc3-c3ccc4c(c3)CNC=C4)c2)c(=C)c1C)c1ccccc1. The summed E-state index contributed by atoms with van der Waals surface area (Å²) in [6.07, 6.45) is 12.8. The minimum absolute atomic E-state index is 0.855. The Kier molecular flexibility index (Phi) is 8.85. The first-order valence-electron chi connectivity index (χ1n) is 15.9. The Morgan fingerprint density at radius 3 is 2.43 bits per heavy atom. The summed E-state index contributed by atoms with van der Waals surface area (Å²) in [7, 11) is 0. The summed E-state index contributed by atoms with van der Waals surface area (Å²) in [5.41, 5.74) is 17.1. The molecule has 0 unspecified atom stereocenters. The predicted octanol–water partition coefficient (Wildman–Crippen LogP) is 10.0. The van der Waals surface area contributed by atoms with E-state index in [1.54, 1.807) is 0 Å². The molecule has 0 saturated heterocycles. The third-order valence-electron chi connectivity index (χ3n) is 9.16. The average molecular weight is 596 g/mol. The lowest BCUT2D eigenvalue weighted by Crippen LogP contribution is -2.26. The highest BCUT2D eigenvalue weighted by atomic mass is 14.8. The monoisotopic (exact) mass is 595 g/mol. The van der Waals surface area contributed by atoms with Crippen LogP contribution in [0.5, 0.6) is 0 Å². The van der Waals surface area contributed by atoms with Gasteiger partial charge in [0.25, 0.3) is 0 Å². The standard InChI is InChI=1S/C45H41N/c1-30(36-12-8-7-9-13-36)15-18-37-21-22-38(35(6)34(37)5)19-16-31(2)40-20-17-32(3)44(28-40)45-33(4)11-10-14-43(45)41-24-23-39-25-26-46-29-42(39)27-41/h7-28,46H,1,6,29H2,2-5H3/b18-15-,31-16+,38-19-. The molecular formula is C45H41N. The van der Waals surface area contributed by atoms with Crippen molar-refractivity contribution >= 4 is 36.0 Å². The summed E-state index contributed by atoms with van der Waals surface area (Å²) in [6, 6.07) is 34.9. The third-order valence-corrected chi connectivity index (χ3v) is 9.16. The minimum Gasteiger partial charge on any atom is -0.387 e. The van der Waals surface area contributed by atoms with Crippen LogP contribution in [-0.2, 0) is 6.54 Å². The van der Waals surface area contributed by atoms with Gasteiger partial charge in [-0.3, -0.25) is 0 Å². The summed E-state index contributed by atoms with van der Waals surface area (Å²) in [4.78, 5) is 0. The van der Waals surface area contributed by atoms with Gasteiger partial charge in [0.2, 0.25) is 0 Å². The minimum atomic E-state index is 0.855. The molecule has 1 heteroatoms. The zero-order chi connectivity index (χ0) is 32.2. The van der Waals surface area contributed by atoms with E-state index in [1.165, 1.54) is 61.2 Å². The van der Waals surface area contributed by atoms with Crippen LogP contribution in [0.3, 0.4) is 0 Å². The normalized spacial score (nSPS) is 13.1. The van der Waals surface area contributed by atoms with Gasteiger partial charge in [-0.15, -0.1) is 0 Å². The van der Waals surface area contributed by atoms with Gasteiger partial charge in [0.05, 0.1) is 0 Å². The van der Waals surface area contributed by atoms with E-state index in [1.807, 2.05) is 24.4 Å². The Bertz CT molecular complexity index is 2160. The molecule has 0 fully saturated rings. The third kappa shape index (κ3) is 6.36. The van der Waals surface area contributed by atoms with E-state index in [-0.39, 0.29) is 0 Å². The van der Waals surface area contributed by atoms with Crippen molar-refractivity contribution in [1.82, 2.24) is 5.32 Å². The summed E-state index contributed by atoms with van der Waals surface area (Å²) in [5.74, 6) is 0. The Morgan fingerprint density at radius 1 is 0.783 bits per heavy atom. The second-order valence-corrected chi connectivity index (χ2v) is 12.2. The Balaban J connectivity index is 1.32. The number of nitrogens with one attached hydrogen (secondary N) is 1. The van der Waals surface area contributed by atoms with Gasteiger partial charge < -0.3 is 5.32 Å². The van der Waals surface area contributed by atoms with Crippen molar-refractivity contribution in [1.29, 1.82) is 0 Å². The number of benzene rings is 5. The summed E-state index contributed by atoms with van der Waals surface area (Å²) in [6.45, 7) is 18.3. The first-order valence-corrected chi connectivity index (χ1v) is 15.9. The zero-order valence-electron chi connectivity index (χ0n) is 27.3. The predicted molar refractivity (Wildman–Crippen MR) is 201 cm³/mol. The number of fused-ring (bicyclic) bond motifs is 1. The molecule has 0 atom stereocenters. The topological polar surface area (TPSA) is 12.0 Å². The van der Waals surface area contributed by atoms with Crippen molar-refractivity contribution in [3.05, 3.63) is 177 Å². The highest BCUT2D eigenvalue weighted by molar-refractivity contribution is 5.89. The Labute approximate surface area is 274 Å². The van der Waals surface area contributed by atoms with Crippen LogP contribution in [0.25, 0.3) is 58.2 Å². The lowest BCUT2D eigenvalue weighted by molar-refractivity contribution is 0.859. The fraction of sp³-hybridized carbons (Fsp3) is 0.111. The molecule has 46 heavy (non-hydrogen) atoms. The van der Waals surface area contributed by atoms with Crippen molar-refractivity contribution < 1.29 is 0 Å². The second-order valence-electron chi connectivity index (χ2n) is 12.2. The van der Waals surface area contributed by atoms with Crippen molar-refractivity contribution in [2.24, 2.45) is 0 Å². The van der Waals surface area contributed by atoms with Crippen LogP contribution < -0.4 is 15.8 Å². The van der Waals surface area contributed by atoms with Gasteiger partial charge >= 0.3 is 0 Å². The van der Waals surface area contributed by atoms with Gasteiger partial charge in [-0.1, -0.05) is 122 Å². The molecule has 1 N–H and O–H groups in total. The van der Waals surface area contributed by atoms with Crippen LogP contribution in [0.4, 0.5) is 0 Å². The van der Waals surface area contributed by atoms with Crippen LogP contribution in [0.2, 0.25) is 0 Å². The van der Waals surface area contributed by atoms with Gasteiger partial charge in [-0.05, 0) is 140 Å². The number of hydrogen-bond donors (Lipinski definition) is 1. The van der Waals surface area contributed by atoms with Crippen LogP contribution in [-0.4, -0.2) is 0 Å². The summed E-state index contributed by atoms with van der Waals surface area (Å²) in [5, 5.41) is 5.52. The van der Waals surface area contributed by atoms with E-state index in [9.17, 15) is 0 Å². The lowest BCUT2D eigenvalue weighted by atomic mass is 9.86. The smallest absolute Gasteiger partial charge is 0.0401 e. The molecule has 226 valence electrons. The molecular weight excluding hydrogens is 555 g/mol. The fourth-order valence-electron chi connectivity index (χ4n) is 6.19. The van der Waals surface area contributed by atoms with E-state index < -0.39 is 0 Å². The van der Waals surface area contributed by atoms with E-state index in [2.05, 4.69) is 155 Å². The highest BCUT2D eigenvalue weighted by Crippen LogP contribution is 2.38. The van der Waals surface area contributed by atoms with Crippen LogP contribution in [0, 0.1) is 20.8 Å². The number of hydrogen-bond acceptors (Lipinski definition) is 1. The largest absolute Gasteiger partial charge is 0.387 e. The van der Waals surface area contributed by atoms with Crippen LogP contribution in [0.15, 0.2) is 122 Å². The maximum Gasteiger partial charge on any atom is 0.0401 e. The quantitative estimate of drug-likeness (QED) is 0.185. The van der Waals surface area contributed by atoms with Gasteiger partial charge in [-0.2, -0.15) is 0 Å². The second kappa shape index (κ2) is 13.3. The van der Waals surface area contributed by atoms with Crippen molar-refractivity contribution in [2.45, 2.75) is 34.2 Å². The number of rotatable bonds is 7. The molecule has 1 heterocycles. The van der Waals surface area contributed by atoms with Crippen LogP contribution in [0.1, 0.15) is 51.4 Å². The van der Waals surface area contributed by atoms with Crippen LogP contribution >= 0.6 is 0 Å². The fourth-order valence-corrected chi connectivity index (χ4v) is 6.19.